The molecule has 0 aliphatic rings. The van der Waals surface area contributed by atoms with Gasteiger partial charge in [-0.3, -0.25) is 38.4 Å². The van der Waals surface area contributed by atoms with Crippen molar-refractivity contribution < 1.29 is 58.8 Å². The number of carboxylic acids is 4. The standard InChI is InChI=1S/C20H32N6O12S2/c21-9(19(35)36)1-3-13(27)25-11(17(33)23-5-15(29)30)7-39-40-8-12(18(34)24-6-16(31)32)26-14(28)4-2-10(22)20(37)38/h9-12H,1-8,21-22H2,(H,23,33)(H,24,34)(H,25,27)(H,26,28)(H,29,30)(H,31,32)(H,35,36)(H,37,38)/t9-,10-,11-,12+/m0/s1. The molecule has 0 unspecified atom stereocenters. The third kappa shape index (κ3) is 17.1. The highest BCUT2D eigenvalue weighted by Gasteiger charge is 2.25. The molecule has 0 aromatic heterocycles. The first-order chi connectivity index (χ1) is 18.6. The van der Waals surface area contributed by atoms with Crippen LogP contribution in [-0.4, -0.2) is 117 Å². The Morgan fingerprint density at radius 3 is 1.20 bits per heavy atom. The molecule has 20 heteroatoms. The van der Waals surface area contributed by atoms with Gasteiger partial charge < -0.3 is 53.2 Å². The van der Waals surface area contributed by atoms with Gasteiger partial charge in [-0.1, -0.05) is 21.6 Å². The second-order valence-electron chi connectivity index (χ2n) is 8.00. The maximum absolute atomic E-state index is 12.4. The van der Waals surface area contributed by atoms with Gasteiger partial charge in [0.2, 0.25) is 23.6 Å². The van der Waals surface area contributed by atoms with Crippen molar-refractivity contribution in [2.45, 2.75) is 49.9 Å². The lowest BCUT2D eigenvalue weighted by atomic mass is 10.1. The number of carbonyl (C=O) groups excluding carboxylic acids is 4. The molecule has 0 heterocycles. The van der Waals surface area contributed by atoms with E-state index in [1.54, 1.807) is 0 Å². The smallest absolute Gasteiger partial charge is 0.322 e. The molecule has 0 saturated heterocycles. The minimum absolute atomic E-state index is 0.155. The fourth-order valence-electron chi connectivity index (χ4n) is 2.52. The van der Waals surface area contributed by atoms with E-state index in [1.165, 1.54) is 0 Å². The second-order valence-corrected chi connectivity index (χ2v) is 10.6. The number of aliphatic carboxylic acids is 4. The van der Waals surface area contributed by atoms with Crippen LogP contribution in [0.5, 0.6) is 0 Å². The van der Waals surface area contributed by atoms with Gasteiger partial charge in [-0.2, -0.15) is 0 Å². The summed E-state index contributed by atoms with van der Waals surface area (Å²) >= 11 is 0. The summed E-state index contributed by atoms with van der Waals surface area (Å²) < 4.78 is 0. The number of carboxylic acid groups (broad SMARTS) is 4. The van der Waals surface area contributed by atoms with Crippen LogP contribution in [0, 0.1) is 0 Å². The normalized spacial score (nSPS) is 13.6. The van der Waals surface area contributed by atoms with Crippen LogP contribution in [0.15, 0.2) is 0 Å². The van der Waals surface area contributed by atoms with Gasteiger partial charge >= 0.3 is 23.9 Å². The zero-order valence-corrected chi connectivity index (χ0v) is 22.6. The quantitative estimate of drug-likeness (QED) is 0.0437. The number of amides is 4. The Labute approximate surface area is 235 Å². The molecule has 0 fully saturated rings. The number of nitrogens with two attached hydrogens (primary N) is 2. The van der Waals surface area contributed by atoms with Crippen LogP contribution in [0.2, 0.25) is 0 Å². The molecule has 0 aliphatic carbocycles. The van der Waals surface area contributed by atoms with Crippen molar-refractivity contribution in [1.29, 1.82) is 0 Å². The van der Waals surface area contributed by atoms with Crippen molar-refractivity contribution in [3.63, 3.8) is 0 Å². The summed E-state index contributed by atoms with van der Waals surface area (Å²) in [5.41, 5.74) is 10.7. The zero-order chi connectivity index (χ0) is 30.8. The highest BCUT2D eigenvalue weighted by molar-refractivity contribution is 8.76. The maximum Gasteiger partial charge on any atom is 0.322 e. The molecule has 0 radical (unpaired) electrons. The molecule has 0 aromatic rings. The fraction of sp³-hybridized carbons (Fsp3) is 0.600. The number of carbonyl (C=O) groups is 8. The molecular weight excluding hydrogens is 580 g/mol. The largest absolute Gasteiger partial charge is 0.480 e. The van der Waals surface area contributed by atoms with Gasteiger partial charge in [0.15, 0.2) is 0 Å². The van der Waals surface area contributed by atoms with Crippen LogP contribution in [0.3, 0.4) is 0 Å². The molecule has 226 valence electrons. The summed E-state index contributed by atoms with van der Waals surface area (Å²) in [4.78, 5) is 92.3. The van der Waals surface area contributed by atoms with Crippen molar-refractivity contribution in [1.82, 2.24) is 21.3 Å². The molecule has 0 aliphatic heterocycles. The summed E-state index contributed by atoms with van der Waals surface area (Å²) in [5, 5.41) is 44.1. The van der Waals surface area contributed by atoms with Crippen LogP contribution in [-0.2, 0) is 38.4 Å². The average molecular weight is 613 g/mol. The van der Waals surface area contributed by atoms with E-state index >= 15 is 0 Å². The third-order valence-electron chi connectivity index (χ3n) is 4.68. The van der Waals surface area contributed by atoms with Crippen molar-refractivity contribution in [2.24, 2.45) is 11.5 Å². The second kappa shape index (κ2) is 19.4. The van der Waals surface area contributed by atoms with Crippen molar-refractivity contribution in [3.8, 4) is 0 Å². The Balaban J connectivity index is 5.18. The SMILES string of the molecule is N[C@@H](CCC(=O)N[C@@H](CSSC[C@@H](NC(=O)CC[C@H](N)C(=O)O)C(=O)NCC(=O)O)C(=O)NCC(=O)O)C(=O)O. The monoisotopic (exact) mass is 612 g/mol. The minimum Gasteiger partial charge on any atom is -0.480 e. The summed E-state index contributed by atoms with van der Waals surface area (Å²) in [6.45, 7) is -1.48. The summed E-state index contributed by atoms with van der Waals surface area (Å²) in [6.07, 6.45) is -1.12. The Morgan fingerprint density at radius 2 is 0.925 bits per heavy atom. The molecule has 4 amide bonds. The lowest BCUT2D eigenvalue weighted by Crippen LogP contribution is -2.50. The molecule has 18 nitrogen and oxygen atoms in total. The number of rotatable bonds is 21. The van der Waals surface area contributed by atoms with Crippen LogP contribution in [0.25, 0.3) is 0 Å². The molecule has 4 atom stereocenters. The maximum atomic E-state index is 12.4. The van der Waals surface area contributed by atoms with Crippen LogP contribution >= 0.6 is 21.6 Å². The molecular formula is C20H32N6O12S2. The molecule has 40 heavy (non-hydrogen) atoms. The van der Waals surface area contributed by atoms with Crippen LogP contribution in [0.1, 0.15) is 25.7 Å². The summed E-state index contributed by atoms with van der Waals surface area (Å²) in [7, 11) is 1.89. The van der Waals surface area contributed by atoms with E-state index in [-0.39, 0.29) is 37.2 Å². The summed E-state index contributed by atoms with van der Waals surface area (Å²) in [5.74, 6) is -8.81. The van der Waals surface area contributed by atoms with Crippen molar-refractivity contribution in [2.75, 3.05) is 24.6 Å². The first-order valence-electron chi connectivity index (χ1n) is 11.4. The minimum atomic E-state index is -1.34. The van der Waals surface area contributed by atoms with Crippen molar-refractivity contribution >= 4 is 69.1 Å². The van der Waals surface area contributed by atoms with Gasteiger partial charge in [-0.15, -0.1) is 0 Å². The van der Waals surface area contributed by atoms with Crippen LogP contribution < -0.4 is 32.7 Å². The number of nitrogens with one attached hydrogen (secondary N) is 4. The molecule has 0 rings (SSSR count). The topological polar surface area (TPSA) is 318 Å². The van der Waals surface area contributed by atoms with E-state index in [0.29, 0.717) is 0 Å². The van der Waals surface area contributed by atoms with Gasteiger partial charge in [0.05, 0.1) is 0 Å². The fourth-order valence-corrected chi connectivity index (χ4v) is 4.85. The van der Waals surface area contributed by atoms with E-state index < -0.39 is 84.8 Å². The molecule has 0 saturated carbocycles. The van der Waals surface area contributed by atoms with Gasteiger partial charge in [0.1, 0.15) is 37.3 Å². The van der Waals surface area contributed by atoms with Crippen LogP contribution in [0.4, 0.5) is 0 Å². The molecule has 0 bridgehead atoms. The van der Waals surface area contributed by atoms with E-state index in [9.17, 15) is 38.4 Å². The third-order valence-corrected chi connectivity index (χ3v) is 7.11. The lowest BCUT2D eigenvalue weighted by Gasteiger charge is -2.20. The van der Waals surface area contributed by atoms with E-state index in [0.717, 1.165) is 21.6 Å². The highest BCUT2D eigenvalue weighted by atomic mass is 33.1. The first-order valence-corrected chi connectivity index (χ1v) is 13.9. The first kappa shape index (κ1) is 36.4. The van der Waals surface area contributed by atoms with E-state index in [2.05, 4.69) is 21.3 Å². The van der Waals surface area contributed by atoms with Gasteiger partial charge in [-0.05, 0) is 12.8 Å². The van der Waals surface area contributed by atoms with Crippen molar-refractivity contribution in [3.05, 3.63) is 0 Å². The zero-order valence-electron chi connectivity index (χ0n) is 21.0. The lowest BCUT2D eigenvalue weighted by molar-refractivity contribution is -0.140. The number of hydrogen-bond acceptors (Lipinski definition) is 12. The molecule has 12 N–H and O–H groups in total. The average Bonchev–Trinajstić information content (AvgIpc) is 2.87. The van der Waals surface area contributed by atoms with Gasteiger partial charge in [0.25, 0.3) is 0 Å². The van der Waals surface area contributed by atoms with Gasteiger partial charge in [0, 0.05) is 24.3 Å². The molecule has 0 aromatic carbocycles. The summed E-state index contributed by atoms with van der Waals surface area (Å²) in [6, 6.07) is -5.16. The Bertz CT molecular complexity index is 879. The number of hydrogen-bond donors (Lipinski definition) is 10. The predicted molar refractivity (Wildman–Crippen MR) is 140 cm³/mol. The van der Waals surface area contributed by atoms with E-state index in [1.807, 2.05) is 0 Å². The highest BCUT2D eigenvalue weighted by Crippen LogP contribution is 2.23. The Kier molecular flexibility index (Phi) is 17.7. The van der Waals surface area contributed by atoms with E-state index in [4.69, 9.17) is 31.9 Å². The molecule has 0 spiro atoms. The Morgan fingerprint density at radius 1 is 0.600 bits per heavy atom. The predicted octanol–water partition coefficient (Wildman–Crippen LogP) is -3.88. The van der Waals surface area contributed by atoms with Gasteiger partial charge in [-0.25, -0.2) is 0 Å². The Hall–Kier alpha value is -3.62.